The third-order valence-corrected chi connectivity index (χ3v) is 1.28. The van der Waals surface area contributed by atoms with Gasteiger partial charge >= 0.3 is 5.97 Å². The van der Waals surface area contributed by atoms with Crippen LogP contribution in [0.2, 0.25) is 5.82 Å². The summed E-state index contributed by atoms with van der Waals surface area (Å²) in [5.74, 6) is -0.730. The van der Waals surface area contributed by atoms with E-state index in [1.54, 1.807) is 0 Å². The summed E-state index contributed by atoms with van der Waals surface area (Å²) in [6.07, 6.45) is 0.104. The predicted octanol–water partition coefficient (Wildman–Crippen LogP) is -1.12. The van der Waals surface area contributed by atoms with E-state index < -0.39 is 0 Å². The second-order valence-corrected chi connectivity index (χ2v) is 2.19. The van der Waals surface area contributed by atoms with Gasteiger partial charge in [-0.25, -0.2) is 0 Å². The van der Waals surface area contributed by atoms with Crippen molar-refractivity contribution in [1.82, 2.24) is 0 Å². The Balaban J connectivity index is 3.59. The van der Waals surface area contributed by atoms with Gasteiger partial charge in [0.1, 0.15) is 0 Å². The number of hydrogen-bond acceptors (Lipinski definition) is 5. The van der Waals surface area contributed by atoms with Gasteiger partial charge in [0.2, 0.25) is 0 Å². The minimum absolute atomic E-state index is 0.0394. The van der Waals surface area contributed by atoms with E-state index in [1.807, 2.05) is 0 Å². The normalized spacial score (nSPS) is 12.2. The van der Waals surface area contributed by atoms with Gasteiger partial charge in [0.25, 0.3) is 7.48 Å². The molecule has 0 saturated carbocycles. The van der Waals surface area contributed by atoms with Crippen molar-refractivity contribution in [2.24, 2.45) is 5.73 Å². The van der Waals surface area contributed by atoms with Crippen molar-refractivity contribution in [3.05, 3.63) is 0 Å². The molecule has 0 fully saturated rings. The number of methoxy groups -OCH3 is 1. The Morgan fingerprint density at radius 3 is 2.83 bits per heavy atom. The Bertz CT molecular complexity index is 133. The van der Waals surface area contributed by atoms with Crippen LogP contribution in [0.15, 0.2) is 0 Å². The van der Waals surface area contributed by atoms with Crippen molar-refractivity contribution in [1.29, 1.82) is 0 Å². The molecule has 5 nitrogen and oxygen atoms in total. The maximum atomic E-state index is 10.7. The maximum Gasteiger partial charge on any atom is 0.305 e. The summed E-state index contributed by atoms with van der Waals surface area (Å²) < 4.78 is 9.12. The highest BCUT2D eigenvalue weighted by Crippen LogP contribution is 2.08. The number of ether oxygens (including phenoxy) is 1. The summed E-state index contributed by atoms with van der Waals surface area (Å²) in [7, 11) is 2.64. The summed E-state index contributed by atoms with van der Waals surface area (Å²) in [5.41, 5.74) is 5.04. The third-order valence-electron chi connectivity index (χ3n) is 1.28. The fraction of sp³-hybridized carbons (Fsp3) is 0.833. The van der Waals surface area contributed by atoms with Gasteiger partial charge in [0.15, 0.2) is 0 Å². The van der Waals surface area contributed by atoms with Gasteiger partial charge in [-0.3, -0.25) is 4.79 Å². The first kappa shape index (κ1) is 11.4. The molecule has 1 radical (unpaired) electrons. The molecule has 0 amide bonds. The van der Waals surface area contributed by atoms with Crippen LogP contribution in [0.25, 0.3) is 0 Å². The van der Waals surface area contributed by atoms with E-state index in [0.29, 0.717) is 0 Å². The van der Waals surface area contributed by atoms with Crippen LogP contribution in [-0.4, -0.2) is 39.0 Å². The van der Waals surface area contributed by atoms with E-state index in [1.165, 1.54) is 14.6 Å². The zero-order valence-electron chi connectivity index (χ0n) is 7.03. The van der Waals surface area contributed by atoms with Crippen molar-refractivity contribution in [3.8, 4) is 0 Å². The van der Waals surface area contributed by atoms with E-state index >= 15 is 0 Å². The van der Waals surface area contributed by atoms with Crippen LogP contribution >= 0.6 is 0 Å². The molecule has 6 heteroatoms. The molecule has 0 aliphatic carbocycles. The van der Waals surface area contributed by atoms with Gasteiger partial charge < -0.3 is 20.2 Å². The predicted molar refractivity (Wildman–Crippen MR) is 43.4 cm³/mol. The Morgan fingerprint density at radius 1 is 1.75 bits per heavy atom. The molecule has 69 valence electrons. The van der Waals surface area contributed by atoms with Gasteiger partial charge in [-0.1, -0.05) is 0 Å². The van der Waals surface area contributed by atoms with Crippen LogP contribution in [0.5, 0.6) is 0 Å². The fourth-order valence-electron chi connectivity index (χ4n) is 0.645. The van der Waals surface area contributed by atoms with Crippen LogP contribution in [0.3, 0.4) is 0 Å². The van der Waals surface area contributed by atoms with E-state index in [2.05, 4.69) is 4.74 Å². The summed E-state index contributed by atoms with van der Waals surface area (Å²) in [5, 5.41) is 8.74. The lowest BCUT2D eigenvalue weighted by Crippen LogP contribution is -2.19. The quantitative estimate of drug-likeness (QED) is 0.303. The van der Waals surface area contributed by atoms with Crippen molar-refractivity contribution < 1.29 is 19.3 Å². The van der Waals surface area contributed by atoms with Crippen molar-refractivity contribution in [2.75, 3.05) is 20.4 Å². The SMILES string of the molecule is COC(=O)CC([B]OCN)CO. The molecule has 0 aromatic rings. The minimum Gasteiger partial charge on any atom is -0.469 e. The maximum absolute atomic E-state index is 10.7. The molecule has 0 heterocycles. The smallest absolute Gasteiger partial charge is 0.305 e. The van der Waals surface area contributed by atoms with Crippen LogP contribution < -0.4 is 5.73 Å². The number of hydrogen-bond donors (Lipinski definition) is 2. The molecule has 0 aromatic heterocycles. The lowest BCUT2D eigenvalue weighted by atomic mass is 9.78. The second kappa shape index (κ2) is 7.09. The van der Waals surface area contributed by atoms with Crippen LogP contribution in [0.1, 0.15) is 6.42 Å². The van der Waals surface area contributed by atoms with E-state index in [-0.39, 0.29) is 31.5 Å². The number of carbonyl (C=O) groups excluding carboxylic acids is 1. The largest absolute Gasteiger partial charge is 0.469 e. The molecule has 3 N–H and O–H groups in total. The van der Waals surface area contributed by atoms with E-state index in [9.17, 15) is 4.79 Å². The molecule has 0 aromatic carbocycles. The Hall–Kier alpha value is -0.585. The average Bonchev–Trinajstić information content (AvgIpc) is 2.11. The van der Waals surface area contributed by atoms with Gasteiger partial charge in [-0.2, -0.15) is 0 Å². The summed E-state index contributed by atoms with van der Waals surface area (Å²) in [6.45, 7) is -0.118. The van der Waals surface area contributed by atoms with Gasteiger partial charge in [-0.05, 0) is 5.82 Å². The number of aliphatic hydroxyl groups excluding tert-OH is 1. The zero-order chi connectivity index (χ0) is 9.40. The van der Waals surface area contributed by atoms with Crippen molar-refractivity contribution >= 4 is 13.5 Å². The number of esters is 1. The van der Waals surface area contributed by atoms with Gasteiger partial charge in [0.05, 0.1) is 13.8 Å². The van der Waals surface area contributed by atoms with Gasteiger partial charge in [0, 0.05) is 13.0 Å². The molecular weight excluding hydrogens is 161 g/mol. The van der Waals surface area contributed by atoms with Crippen LogP contribution in [0.4, 0.5) is 0 Å². The summed E-state index contributed by atoms with van der Waals surface area (Å²) in [6, 6.07) is 0. The van der Waals surface area contributed by atoms with Crippen molar-refractivity contribution in [2.45, 2.75) is 12.2 Å². The topological polar surface area (TPSA) is 81.8 Å². The fourth-order valence-corrected chi connectivity index (χ4v) is 0.645. The Kier molecular flexibility index (Phi) is 6.74. The minimum atomic E-state index is -0.383. The van der Waals surface area contributed by atoms with Crippen LogP contribution in [-0.2, 0) is 14.2 Å². The number of carbonyl (C=O) groups is 1. The summed E-state index contributed by atoms with van der Waals surface area (Å²) >= 11 is 0. The molecule has 0 saturated heterocycles. The lowest BCUT2D eigenvalue weighted by Gasteiger charge is -2.09. The molecular formula is C6H13BNO4. The third kappa shape index (κ3) is 5.12. The Labute approximate surface area is 72.1 Å². The molecule has 0 aliphatic rings. The van der Waals surface area contributed by atoms with Crippen molar-refractivity contribution in [3.63, 3.8) is 0 Å². The molecule has 1 atom stereocenters. The van der Waals surface area contributed by atoms with E-state index in [0.717, 1.165) is 0 Å². The first-order valence-electron chi connectivity index (χ1n) is 3.57. The molecule has 0 bridgehead atoms. The highest BCUT2D eigenvalue weighted by Gasteiger charge is 2.15. The monoisotopic (exact) mass is 174 g/mol. The lowest BCUT2D eigenvalue weighted by molar-refractivity contribution is -0.140. The highest BCUT2D eigenvalue weighted by atomic mass is 16.5. The number of nitrogens with two attached hydrogens (primary N) is 1. The molecule has 1 unspecified atom stereocenters. The molecule has 0 aliphatic heterocycles. The standard InChI is InChI=1S/C6H13BNO4/c1-11-6(10)2-5(3-9)7-12-4-8/h5,9H,2-4,8H2,1H3. The van der Waals surface area contributed by atoms with E-state index in [4.69, 9.17) is 15.5 Å². The first-order chi connectivity index (χ1) is 5.74. The zero-order valence-corrected chi connectivity index (χ0v) is 7.03. The molecule has 12 heavy (non-hydrogen) atoms. The second-order valence-electron chi connectivity index (χ2n) is 2.19. The Morgan fingerprint density at radius 2 is 2.42 bits per heavy atom. The average molecular weight is 174 g/mol. The van der Waals surface area contributed by atoms with Gasteiger partial charge in [-0.15, -0.1) is 0 Å². The number of rotatable bonds is 6. The number of aliphatic hydroxyl groups is 1. The molecule has 0 spiro atoms. The molecule has 0 rings (SSSR count). The van der Waals surface area contributed by atoms with Crippen LogP contribution in [0, 0.1) is 0 Å². The highest BCUT2D eigenvalue weighted by molar-refractivity contribution is 6.30. The summed E-state index contributed by atoms with van der Waals surface area (Å²) in [4.78, 5) is 10.7. The first-order valence-corrected chi connectivity index (χ1v) is 3.57.